The largest absolute Gasteiger partial charge is 0.303 e. The zero-order valence-corrected chi connectivity index (χ0v) is 7.21. The molecule has 1 nitrogen and oxygen atoms in total. The van der Waals surface area contributed by atoms with E-state index in [1.807, 2.05) is 31.2 Å². The average molecular weight is 166 g/mol. The molecule has 0 aliphatic rings. The van der Waals surface area contributed by atoms with Gasteiger partial charge in [0, 0.05) is 10.8 Å². The molecule has 1 aromatic rings. The van der Waals surface area contributed by atoms with E-state index in [2.05, 4.69) is 12.6 Å². The maximum Gasteiger partial charge on any atom is 0.127 e. The van der Waals surface area contributed by atoms with Crippen LogP contribution in [-0.2, 0) is 4.79 Å². The lowest BCUT2D eigenvalue weighted by molar-refractivity contribution is -0.108. The Morgan fingerprint density at radius 3 is 2.36 bits per heavy atom. The molecule has 1 unspecified atom stereocenters. The molecule has 0 N–H and O–H groups in total. The van der Waals surface area contributed by atoms with Gasteiger partial charge in [-0.05, 0) is 17.7 Å². The zero-order valence-electron chi connectivity index (χ0n) is 6.32. The second kappa shape index (κ2) is 3.58. The molecule has 0 spiro atoms. The second-order valence-electron chi connectivity index (χ2n) is 2.52. The predicted octanol–water partition coefficient (Wildman–Crippen LogP) is 2.28. The topological polar surface area (TPSA) is 17.1 Å². The van der Waals surface area contributed by atoms with Crippen LogP contribution in [0.4, 0.5) is 0 Å². The lowest BCUT2D eigenvalue weighted by Crippen LogP contribution is -1.92. The predicted molar refractivity (Wildman–Crippen MR) is 48.2 cm³/mol. The molecule has 58 valence electrons. The third-order valence-electron chi connectivity index (χ3n) is 1.62. The van der Waals surface area contributed by atoms with Crippen molar-refractivity contribution in [2.45, 2.75) is 17.7 Å². The first-order valence-electron chi connectivity index (χ1n) is 3.48. The molecule has 0 fully saturated rings. The number of benzene rings is 1. The number of rotatable bonds is 2. The highest BCUT2D eigenvalue weighted by Gasteiger charge is 2.01. The van der Waals surface area contributed by atoms with Crippen molar-refractivity contribution in [1.29, 1.82) is 0 Å². The fraction of sp³-hybridized carbons (Fsp3) is 0.222. The lowest BCUT2D eigenvalue weighted by atomic mass is 10.0. The molecule has 0 saturated carbocycles. The second-order valence-corrected chi connectivity index (χ2v) is 3.03. The maximum atomic E-state index is 10.4. The molecule has 0 heterocycles. The molecule has 2 heteroatoms. The van der Waals surface area contributed by atoms with E-state index >= 15 is 0 Å². The Bertz CT molecular complexity index is 240. The zero-order chi connectivity index (χ0) is 8.27. The van der Waals surface area contributed by atoms with Gasteiger partial charge in [0.25, 0.3) is 0 Å². The van der Waals surface area contributed by atoms with E-state index < -0.39 is 0 Å². The molecule has 1 aromatic carbocycles. The summed E-state index contributed by atoms with van der Waals surface area (Å²) in [6.45, 7) is 1.88. The van der Waals surface area contributed by atoms with E-state index in [-0.39, 0.29) is 5.92 Å². The van der Waals surface area contributed by atoms with Gasteiger partial charge in [0.05, 0.1) is 0 Å². The van der Waals surface area contributed by atoms with E-state index in [4.69, 9.17) is 0 Å². The van der Waals surface area contributed by atoms with E-state index in [0.29, 0.717) is 0 Å². The van der Waals surface area contributed by atoms with Gasteiger partial charge < -0.3 is 4.79 Å². The summed E-state index contributed by atoms with van der Waals surface area (Å²) in [6.07, 6.45) is 0.938. The van der Waals surface area contributed by atoms with Crippen LogP contribution in [0.5, 0.6) is 0 Å². The Morgan fingerprint density at radius 1 is 1.36 bits per heavy atom. The summed E-state index contributed by atoms with van der Waals surface area (Å²) in [5.74, 6) is -0.0102. The number of carbonyl (C=O) groups excluding carboxylic acids is 1. The molecular formula is C9H10OS. The van der Waals surface area contributed by atoms with Crippen LogP contribution in [0.15, 0.2) is 29.2 Å². The molecule has 0 aliphatic heterocycles. The summed E-state index contributed by atoms with van der Waals surface area (Å²) in [7, 11) is 0. The van der Waals surface area contributed by atoms with Gasteiger partial charge in [-0.25, -0.2) is 0 Å². The van der Waals surface area contributed by atoms with Gasteiger partial charge in [-0.2, -0.15) is 0 Å². The van der Waals surface area contributed by atoms with Gasteiger partial charge >= 0.3 is 0 Å². The average Bonchev–Trinajstić information content (AvgIpc) is 2.05. The molecule has 11 heavy (non-hydrogen) atoms. The molecule has 0 radical (unpaired) electrons. The van der Waals surface area contributed by atoms with Crippen LogP contribution < -0.4 is 0 Å². The molecule has 1 rings (SSSR count). The molecule has 1 atom stereocenters. The van der Waals surface area contributed by atoms with Gasteiger partial charge in [-0.1, -0.05) is 19.1 Å². The summed E-state index contributed by atoms with van der Waals surface area (Å²) in [5, 5.41) is 0. The van der Waals surface area contributed by atoms with E-state index in [1.165, 1.54) is 0 Å². The highest BCUT2D eigenvalue weighted by atomic mass is 32.1. The normalized spacial score (nSPS) is 12.5. The van der Waals surface area contributed by atoms with Crippen molar-refractivity contribution in [3.63, 3.8) is 0 Å². The highest BCUT2D eigenvalue weighted by Crippen LogP contribution is 2.14. The number of thiol groups is 1. The van der Waals surface area contributed by atoms with Gasteiger partial charge in [-0.15, -0.1) is 12.6 Å². The fourth-order valence-corrected chi connectivity index (χ4v) is 1.01. The van der Waals surface area contributed by atoms with E-state index in [9.17, 15) is 4.79 Å². The minimum absolute atomic E-state index is 0.0102. The van der Waals surface area contributed by atoms with Gasteiger partial charge in [-0.3, -0.25) is 0 Å². The van der Waals surface area contributed by atoms with E-state index in [1.54, 1.807) is 0 Å². The van der Waals surface area contributed by atoms with Gasteiger partial charge in [0.15, 0.2) is 0 Å². The minimum Gasteiger partial charge on any atom is -0.303 e. The van der Waals surface area contributed by atoms with Crippen LogP contribution in [0.2, 0.25) is 0 Å². The molecule has 0 aromatic heterocycles. The third-order valence-corrected chi connectivity index (χ3v) is 1.92. The maximum absolute atomic E-state index is 10.4. The SMILES string of the molecule is CC(C=O)c1ccc(S)cc1. The van der Waals surface area contributed by atoms with Crippen molar-refractivity contribution in [3.8, 4) is 0 Å². The molecule has 0 bridgehead atoms. The van der Waals surface area contributed by atoms with Crippen LogP contribution in [0.3, 0.4) is 0 Å². The van der Waals surface area contributed by atoms with Crippen LogP contribution in [0.1, 0.15) is 18.4 Å². The van der Waals surface area contributed by atoms with Crippen molar-refractivity contribution in [3.05, 3.63) is 29.8 Å². The van der Waals surface area contributed by atoms with Crippen molar-refractivity contribution in [2.24, 2.45) is 0 Å². The first-order chi connectivity index (χ1) is 5.24. The number of carbonyl (C=O) groups is 1. The number of aldehydes is 1. The Labute approximate surface area is 71.8 Å². The minimum atomic E-state index is -0.0102. The molecule has 0 aliphatic carbocycles. The van der Waals surface area contributed by atoms with Crippen molar-refractivity contribution in [1.82, 2.24) is 0 Å². The first-order valence-corrected chi connectivity index (χ1v) is 3.93. The monoisotopic (exact) mass is 166 g/mol. The number of hydrogen-bond donors (Lipinski definition) is 1. The first kappa shape index (κ1) is 8.34. The Kier molecular flexibility index (Phi) is 2.71. The molecule has 0 amide bonds. The quantitative estimate of drug-likeness (QED) is 0.527. The van der Waals surface area contributed by atoms with Crippen LogP contribution in [0.25, 0.3) is 0 Å². The fourth-order valence-electron chi connectivity index (χ4n) is 0.856. The molecule has 0 saturated heterocycles. The highest BCUT2D eigenvalue weighted by molar-refractivity contribution is 7.80. The summed E-state index contributed by atoms with van der Waals surface area (Å²) in [4.78, 5) is 11.3. The summed E-state index contributed by atoms with van der Waals surface area (Å²) < 4.78 is 0. The summed E-state index contributed by atoms with van der Waals surface area (Å²) in [5.41, 5.74) is 1.04. The Hall–Kier alpha value is -0.760. The van der Waals surface area contributed by atoms with Gasteiger partial charge in [0.1, 0.15) is 6.29 Å². The summed E-state index contributed by atoms with van der Waals surface area (Å²) >= 11 is 4.14. The summed E-state index contributed by atoms with van der Waals surface area (Å²) in [6, 6.07) is 7.61. The van der Waals surface area contributed by atoms with Crippen LogP contribution >= 0.6 is 12.6 Å². The van der Waals surface area contributed by atoms with Gasteiger partial charge in [0.2, 0.25) is 0 Å². The van der Waals surface area contributed by atoms with Crippen LogP contribution in [0, 0.1) is 0 Å². The standard InChI is InChI=1S/C9H10OS/c1-7(6-10)8-2-4-9(11)5-3-8/h2-7,11H,1H3. The van der Waals surface area contributed by atoms with Crippen molar-refractivity contribution < 1.29 is 4.79 Å². The smallest absolute Gasteiger partial charge is 0.127 e. The number of hydrogen-bond acceptors (Lipinski definition) is 2. The van der Waals surface area contributed by atoms with Crippen molar-refractivity contribution >= 4 is 18.9 Å². The van der Waals surface area contributed by atoms with Crippen molar-refractivity contribution in [2.75, 3.05) is 0 Å². The van der Waals surface area contributed by atoms with E-state index in [0.717, 1.165) is 16.7 Å². The van der Waals surface area contributed by atoms with Crippen LogP contribution in [-0.4, -0.2) is 6.29 Å². The molecular weight excluding hydrogens is 156 g/mol. The Morgan fingerprint density at radius 2 is 1.91 bits per heavy atom. The third kappa shape index (κ3) is 2.09. The lowest BCUT2D eigenvalue weighted by Gasteiger charge is -2.02. The Balaban J connectivity index is 2.89.